The zero-order valence-corrected chi connectivity index (χ0v) is 9.29. The summed E-state index contributed by atoms with van der Waals surface area (Å²) in [5.74, 6) is 0. The Labute approximate surface area is 95.6 Å². The lowest BCUT2D eigenvalue weighted by Gasteiger charge is -1.86. The van der Waals surface area contributed by atoms with Gasteiger partial charge in [-0.15, -0.1) is 0 Å². The van der Waals surface area contributed by atoms with Gasteiger partial charge in [0.15, 0.2) is 0 Å². The minimum absolute atomic E-state index is 0.865. The Bertz CT molecular complexity index is 359. The molecule has 2 heterocycles. The van der Waals surface area contributed by atoms with Gasteiger partial charge in [0.1, 0.15) is 25.5 Å². The maximum Gasteiger partial charge on any atom is 0.244 e. The summed E-state index contributed by atoms with van der Waals surface area (Å²) >= 11 is 0. The third kappa shape index (κ3) is 4.41. The van der Waals surface area contributed by atoms with Crippen molar-refractivity contribution in [3.05, 3.63) is 62.8 Å². The molecule has 4 heteroatoms. The SMILES string of the molecule is C=CCn1cc[n+](CC=C)c1.c1c[nH]cn1. The molecular weight excluding hydrogens is 200 g/mol. The van der Waals surface area contributed by atoms with Gasteiger partial charge in [-0.1, -0.05) is 25.3 Å². The van der Waals surface area contributed by atoms with Gasteiger partial charge in [-0.05, 0) is 0 Å². The van der Waals surface area contributed by atoms with Crippen LogP contribution in [0.5, 0.6) is 0 Å². The molecule has 2 aromatic heterocycles. The predicted octanol–water partition coefficient (Wildman–Crippen LogP) is 1.56. The van der Waals surface area contributed by atoms with Crippen molar-refractivity contribution >= 4 is 0 Å². The number of H-pyrrole nitrogens is 1. The number of allylic oxidation sites excluding steroid dienone is 2. The molecule has 0 atom stereocenters. The topological polar surface area (TPSA) is 37.5 Å². The van der Waals surface area contributed by atoms with Crippen LogP contribution >= 0.6 is 0 Å². The number of nitrogens with zero attached hydrogens (tertiary/aromatic N) is 3. The van der Waals surface area contributed by atoms with Gasteiger partial charge in [0, 0.05) is 12.4 Å². The van der Waals surface area contributed by atoms with Crippen molar-refractivity contribution in [3.8, 4) is 0 Å². The van der Waals surface area contributed by atoms with Crippen molar-refractivity contribution in [2.75, 3.05) is 0 Å². The van der Waals surface area contributed by atoms with E-state index in [9.17, 15) is 0 Å². The van der Waals surface area contributed by atoms with Gasteiger partial charge < -0.3 is 4.98 Å². The van der Waals surface area contributed by atoms with Crippen LogP contribution in [-0.4, -0.2) is 14.5 Å². The van der Waals surface area contributed by atoms with Crippen molar-refractivity contribution in [1.82, 2.24) is 14.5 Å². The van der Waals surface area contributed by atoms with Gasteiger partial charge in [-0.2, -0.15) is 0 Å². The molecule has 0 fully saturated rings. The highest BCUT2D eigenvalue weighted by Crippen LogP contribution is 1.84. The second-order valence-electron chi connectivity index (χ2n) is 3.15. The molecule has 0 saturated heterocycles. The molecule has 0 spiro atoms. The third-order valence-corrected chi connectivity index (χ3v) is 1.83. The molecule has 0 unspecified atom stereocenters. The smallest absolute Gasteiger partial charge is 0.244 e. The highest BCUT2D eigenvalue weighted by Gasteiger charge is 1.97. The monoisotopic (exact) mass is 217 g/mol. The molecule has 0 aliphatic heterocycles. The van der Waals surface area contributed by atoms with Crippen LogP contribution in [-0.2, 0) is 13.1 Å². The number of nitrogens with one attached hydrogen (secondary N) is 1. The molecule has 0 radical (unpaired) electrons. The second-order valence-corrected chi connectivity index (χ2v) is 3.15. The van der Waals surface area contributed by atoms with Crippen molar-refractivity contribution in [3.63, 3.8) is 0 Å². The summed E-state index contributed by atoms with van der Waals surface area (Å²) < 4.78 is 4.13. The molecule has 0 aliphatic carbocycles. The maximum absolute atomic E-state index is 3.67. The number of imidazole rings is 2. The van der Waals surface area contributed by atoms with Crippen molar-refractivity contribution < 1.29 is 4.57 Å². The Morgan fingerprint density at radius 3 is 2.75 bits per heavy atom. The van der Waals surface area contributed by atoms with Gasteiger partial charge in [-0.25, -0.2) is 14.1 Å². The van der Waals surface area contributed by atoms with Crippen molar-refractivity contribution in [2.45, 2.75) is 13.1 Å². The third-order valence-electron chi connectivity index (χ3n) is 1.83. The fourth-order valence-electron chi connectivity index (χ4n) is 1.17. The molecule has 0 bridgehead atoms. The molecule has 0 saturated carbocycles. The molecule has 16 heavy (non-hydrogen) atoms. The van der Waals surface area contributed by atoms with Crippen LogP contribution in [0.2, 0.25) is 0 Å². The van der Waals surface area contributed by atoms with E-state index < -0.39 is 0 Å². The Morgan fingerprint density at radius 1 is 1.38 bits per heavy atom. The van der Waals surface area contributed by atoms with E-state index in [1.165, 1.54) is 0 Å². The molecular formula is C12H17N4+. The molecule has 0 aromatic carbocycles. The van der Waals surface area contributed by atoms with Gasteiger partial charge >= 0.3 is 0 Å². The van der Waals surface area contributed by atoms with Gasteiger partial charge in [0.25, 0.3) is 0 Å². The van der Waals surface area contributed by atoms with E-state index in [0.29, 0.717) is 0 Å². The highest BCUT2D eigenvalue weighted by molar-refractivity contribution is 4.74. The summed E-state index contributed by atoms with van der Waals surface area (Å²) in [5, 5.41) is 0. The van der Waals surface area contributed by atoms with E-state index in [-0.39, 0.29) is 0 Å². The van der Waals surface area contributed by atoms with E-state index in [2.05, 4.69) is 32.3 Å². The number of aromatic amines is 1. The Hall–Kier alpha value is -2.10. The predicted molar refractivity (Wildman–Crippen MR) is 63.6 cm³/mol. The van der Waals surface area contributed by atoms with Crippen LogP contribution < -0.4 is 4.57 Å². The number of hydrogen-bond acceptors (Lipinski definition) is 1. The lowest BCUT2D eigenvalue weighted by atomic mass is 10.6. The minimum atomic E-state index is 0.865. The summed E-state index contributed by atoms with van der Waals surface area (Å²) in [6.45, 7) is 9.05. The van der Waals surface area contributed by atoms with E-state index in [4.69, 9.17) is 0 Å². The zero-order chi connectivity index (χ0) is 11.6. The van der Waals surface area contributed by atoms with Crippen LogP contribution in [0.3, 0.4) is 0 Å². The van der Waals surface area contributed by atoms with Crippen LogP contribution in [0.1, 0.15) is 0 Å². The first-order valence-corrected chi connectivity index (χ1v) is 5.06. The molecule has 1 N–H and O–H groups in total. The molecule has 2 aromatic rings. The lowest BCUT2D eigenvalue weighted by Crippen LogP contribution is -2.29. The summed E-state index contributed by atoms with van der Waals surface area (Å²) in [4.78, 5) is 6.42. The van der Waals surface area contributed by atoms with Crippen LogP contribution in [0.15, 0.2) is 62.8 Å². The summed E-state index contributed by atoms with van der Waals surface area (Å²) in [5.41, 5.74) is 0. The summed E-state index contributed by atoms with van der Waals surface area (Å²) in [7, 11) is 0. The number of aromatic nitrogens is 4. The van der Waals surface area contributed by atoms with E-state index in [1.54, 1.807) is 18.7 Å². The molecule has 84 valence electrons. The highest BCUT2D eigenvalue weighted by atomic mass is 15.1. The van der Waals surface area contributed by atoms with E-state index in [1.807, 2.05) is 30.9 Å². The Morgan fingerprint density at radius 2 is 2.25 bits per heavy atom. The van der Waals surface area contributed by atoms with Crippen LogP contribution in [0, 0.1) is 0 Å². The minimum Gasteiger partial charge on any atom is -0.351 e. The fourth-order valence-corrected chi connectivity index (χ4v) is 1.17. The van der Waals surface area contributed by atoms with Gasteiger partial charge in [0.2, 0.25) is 6.33 Å². The van der Waals surface area contributed by atoms with Crippen molar-refractivity contribution in [2.24, 2.45) is 0 Å². The zero-order valence-electron chi connectivity index (χ0n) is 9.29. The summed E-state index contributed by atoms with van der Waals surface area (Å²) in [6.07, 6.45) is 14.9. The quantitative estimate of drug-likeness (QED) is 0.612. The number of hydrogen-bond donors (Lipinski definition) is 1. The Balaban J connectivity index is 0.000000212. The van der Waals surface area contributed by atoms with Crippen LogP contribution in [0.25, 0.3) is 0 Å². The average Bonchev–Trinajstić information content (AvgIpc) is 2.92. The van der Waals surface area contributed by atoms with Crippen LogP contribution in [0.4, 0.5) is 0 Å². The van der Waals surface area contributed by atoms with Crippen molar-refractivity contribution in [1.29, 1.82) is 0 Å². The van der Waals surface area contributed by atoms with E-state index in [0.717, 1.165) is 13.1 Å². The first-order valence-electron chi connectivity index (χ1n) is 5.06. The molecule has 2 rings (SSSR count). The number of rotatable bonds is 4. The largest absolute Gasteiger partial charge is 0.351 e. The Kier molecular flexibility index (Phi) is 5.41. The maximum atomic E-state index is 3.67. The molecule has 4 nitrogen and oxygen atoms in total. The average molecular weight is 217 g/mol. The van der Waals surface area contributed by atoms with Gasteiger partial charge in [-0.3, -0.25) is 0 Å². The first-order chi connectivity index (χ1) is 7.86. The lowest BCUT2D eigenvalue weighted by molar-refractivity contribution is -0.686. The van der Waals surface area contributed by atoms with E-state index >= 15 is 0 Å². The molecule has 0 aliphatic rings. The fraction of sp³-hybridized carbons (Fsp3) is 0.167. The standard InChI is InChI=1S/C9H13N2.C3H4N2/c1-3-5-10-7-8-11(9-10)6-4-2;1-2-5-3-4-1/h3-4,7-9H,1-2,5-6H2;1-3H,(H,4,5)/q+1;. The summed E-state index contributed by atoms with van der Waals surface area (Å²) in [6, 6.07) is 0. The first kappa shape index (κ1) is 12.0. The normalized spacial score (nSPS) is 9.00. The van der Waals surface area contributed by atoms with Gasteiger partial charge in [0.05, 0.1) is 6.33 Å². The molecule has 0 amide bonds. The second kappa shape index (κ2) is 7.23.